The van der Waals surface area contributed by atoms with Gasteiger partial charge in [0.05, 0.1) is 12.1 Å². The maximum Gasteiger partial charge on any atom is 0.135 e. The number of hydrogen-bond donors (Lipinski definition) is 1. The summed E-state index contributed by atoms with van der Waals surface area (Å²) in [7, 11) is 0. The molecule has 2 rings (SSSR count). The molecule has 0 fully saturated rings. The molecule has 0 amide bonds. The normalized spacial score (nSPS) is 9.61. The zero-order valence-corrected chi connectivity index (χ0v) is 9.91. The van der Waals surface area contributed by atoms with Gasteiger partial charge in [0, 0.05) is 12.4 Å². The van der Waals surface area contributed by atoms with E-state index >= 15 is 0 Å². The smallest absolute Gasteiger partial charge is 0.135 e. The predicted octanol–water partition coefficient (Wildman–Crippen LogP) is 1.31. The van der Waals surface area contributed by atoms with E-state index in [-0.39, 0.29) is 6.61 Å². The third kappa shape index (κ3) is 3.37. The van der Waals surface area contributed by atoms with Crippen LogP contribution in [0.25, 0.3) is 0 Å². The monoisotopic (exact) mass is 242 g/mol. The second-order valence-corrected chi connectivity index (χ2v) is 3.57. The minimum atomic E-state index is -0.151. The van der Waals surface area contributed by atoms with E-state index in [1.807, 2.05) is 41.2 Å². The lowest BCUT2D eigenvalue weighted by Crippen LogP contribution is -2.08. The molecule has 0 saturated carbocycles. The van der Waals surface area contributed by atoms with E-state index in [4.69, 9.17) is 9.84 Å². The van der Waals surface area contributed by atoms with Gasteiger partial charge in [-0.1, -0.05) is 24.0 Å². The fourth-order valence-electron chi connectivity index (χ4n) is 1.51. The first-order valence-corrected chi connectivity index (χ1v) is 5.69. The molecule has 0 aliphatic heterocycles. The Morgan fingerprint density at radius 3 is 2.94 bits per heavy atom. The van der Waals surface area contributed by atoms with Crippen molar-refractivity contribution >= 4 is 0 Å². The molecule has 1 aromatic carbocycles. The number of para-hydroxylation sites is 1. The third-order valence-corrected chi connectivity index (χ3v) is 2.33. The van der Waals surface area contributed by atoms with Gasteiger partial charge in [-0.15, -0.1) is 0 Å². The Morgan fingerprint density at radius 2 is 2.17 bits per heavy atom. The lowest BCUT2D eigenvalue weighted by molar-refractivity contribution is 0.290. The van der Waals surface area contributed by atoms with Gasteiger partial charge in [0.1, 0.15) is 19.0 Å². The Morgan fingerprint density at radius 1 is 1.28 bits per heavy atom. The molecule has 1 N–H and O–H groups in total. The molecule has 0 radical (unpaired) electrons. The third-order valence-electron chi connectivity index (χ3n) is 2.33. The summed E-state index contributed by atoms with van der Waals surface area (Å²) >= 11 is 0. The summed E-state index contributed by atoms with van der Waals surface area (Å²) in [4.78, 5) is 0. The molecule has 1 aromatic heterocycles. The Hall–Kier alpha value is -2.25. The SMILES string of the molecule is OCC#Cc1ccccc1OCCn1cccn1. The van der Waals surface area contributed by atoms with E-state index in [0.717, 1.165) is 11.3 Å². The number of benzene rings is 1. The van der Waals surface area contributed by atoms with Crippen molar-refractivity contribution in [1.29, 1.82) is 0 Å². The largest absolute Gasteiger partial charge is 0.490 e. The van der Waals surface area contributed by atoms with Crippen molar-refractivity contribution in [3.8, 4) is 17.6 Å². The van der Waals surface area contributed by atoms with E-state index in [9.17, 15) is 0 Å². The second-order valence-electron chi connectivity index (χ2n) is 3.57. The van der Waals surface area contributed by atoms with Crippen LogP contribution in [-0.4, -0.2) is 28.1 Å². The number of aliphatic hydroxyl groups excluding tert-OH is 1. The van der Waals surface area contributed by atoms with Crippen molar-refractivity contribution in [2.75, 3.05) is 13.2 Å². The number of hydrogen-bond acceptors (Lipinski definition) is 3. The summed E-state index contributed by atoms with van der Waals surface area (Å²) in [6.07, 6.45) is 3.63. The van der Waals surface area contributed by atoms with Gasteiger partial charge in [0.2, 0.25) is 0 Å². The number of aromatic nitrogens is 2. The van der Waals surface area contributed by atoms with Crippen molar-refractivity contribution < 1.29 is 9.84 Å². The van der Waals surface area contributed by atoms with Crippen molar-refractivity contribution in [2.24, 2.45) is 0 Å². The molecule has 18 heavy (non-hydrogen) atoms. The van der Waals surface area contributed by atoms with Crippen LogP contribution >= 0.6 is 0 Å². The molecule has 0 aliphatic carbocycles. The molecule has 0 unspecified atom stereocenters. The Bertz CT molecular complexity index is 538. The molecule has 92 valence electrons. The maximum absolute atomic E-state index is 8.69. The fourth-order valence-corrected chi connectivity index (χ4v) is 1.51. The molecule has 1 heterocycles. The van der Waals surface area contributed by atoms with E-state index in [1.54, 1.807) is 6.20 Å². The van der Waals surface area contributed by atoms with Gasteiger partial charge < -0.3 is 9.84 Å². The molecular weight excluding hydrogens is 228 g/mol. The van der Waals surface area contributed by atoms with Crippen LogP contribution in [0.2, 0.25) is 0 Å². The molecule has 0 saturated heterocycles. The summed E-state index contributed by atoms with van der Waals surface area (Å²) in [5.74, 6) is 6.20. The van der Waals surface area contributed by atoms with Gasteiger partial charge in [-0.25, -0.2) is 0 Å². The Labute approximate surface area is 106 Å². The number of ether oxygens (including phenoxy) is 1. The summed E-state index contributed by atoms with van der Waals surface area (Å²) in [5.41, 5.74) is 0.784. The minimum absolute atomic E-state index is 0.151. The van der Waals surface area contributed by atoms with Crippen molar-refractivity contribution in [3.63, 3.8) is 0 Å². The average molecular weight is 242 g/mol. The molecule has 0 bridgehead atoms. The van der Waals surface area contributed by atoms with E-state index in [1.165, 1.54) is 0 Å². The van der Waals surface area contributed by atoms with Crippen LogP contribution in [-0.2, 0) is 6.54 Å². The summed E-state index contributed by atoms with van der Waals surface area (Å²) in [6, 6.07) is 9.40. The van der Waals surface area contributed by atoms with Crippen LogP contribution in [0.15, 0.2) is 42.7 Å². The lowest BCUT2D eigenvalue weighted by atomic mass is 10.2. The minimum Gasteiger partial charge on any atom is -0.490 e. The van der Waals surface area contributed by atoms with Gasteiger partial charge in [0.25, 0.3) is 0 Å². The maximum atomic E-state index is 8.69. The summed E-state index contributed by atoms with van der Waals surface area (Å²) < 4.78 is 7.47. The number of nitrogens with zero attached hydrogens (tertiary/aromatic N) is 2. The van der Waals surface area contributed by atoms with E-state index in [0.29, 0.717) is 13.2 Å². The molecule has 0 aliphatic rings. The predicted molar refractivity (Wildman–Crippen MR) is 68.1 cm³/mol. The zero-order valence-electron chi connectivity index (χ0n) is 9.91. The topological polar surface area (TPSA) is 47.3 Å². The summed E-state index contributed by atoms with van der Waals surface area (Å²) in [5, 5.41) is 12.8. The second kappa shape index (κ2) is 6.48. The van der Waals surface area contributed by atoms with Crippen LogP contribution in [0.3, 0.4) is 0 Å². The first-order chi connectivity index (χ1) is 8.90. The van der Waals surface area contributed by atoms with Gasteiger partial charge in [-0.05, 0) is 18.2 Å². The molecular formula is C14H14N2O2. The Kier molecular flexibility index (Phi) is 4.39. The zero-order chi connectivity index (χ0) is 12.6. The first-order valence-electron chi connectivity index (χ1n) is 5.69. The molecule has 4 heteroatoms. The number of aliphatic hydroxyl groups is 1. The number of rotatable bonds is 4. The average Bonchev–Trinajstić information content (AvgIpc) is 2.91. The molecule has 4 nitrogen and oxygen atoms in total. The van der Waals surface area contributed by atoms with Crippen molar-refractivity contribution in [3.05, 3.63) is 48.3 Å². The van der Waals surface area contributed by atoms with Crippen molar-refractivity contribution in [2.45, 2.75) is 6.54 Å². The van der Waals surface area contributed by atoms with Gasteiger partial charge in [0.15, 0.2) is 0 Å². The quantitative estimate of drug-likeness (QED) is 0.822. The Balaban J connectivity index is 1.96. The van der Waals surface area contributed by atoms with Gasteiger partial charge >= 0.3 is 0 Å². The highest BCUT2D eigenvalue weighted by Crippen LogP contribution is 2.16. The summed E-state index contributed by atoms with van der Waals surface area (Å²) in [6.45, 7) is 1.07. The highest BCUT2D eigenvalue weighted by molar-refractivity contribution is 5.45. The van der Waals surface area contributed by atoms with Crippen LogP contribution in [0.4, 0.5) is 0 Å². The van der Waals surface area contributed by atoms with Crippen LogP contribution < -0.4 is 4.74 Å². The van der Waals surface area contributed by atoms with Crippen LogP contribution in [0.5, 0.6) is 5.75 Å². The van der Waals surface area contributed by atoms with E-state index in [2.05, 4.69) is 16.9 Å². The van der Waals surface area contributed by atoms with Gasteiger partial charge in [-0.3, -0.25) is 4.68 Å². The molecule has 0 atom stereocenters. The van der Waals surface area contributed by atoms with Crippen molar-refractivity contribution in [1.82, 2.24) is 9.78 Å². The van der Waals surface area contributed by atoms with Crippen LogP contribution in [0.1, 0.15) is 5.56 Å². The highest BCUT2D eigenvalue weighted by atomic mass is 16.5. The van der Waals surface area contributed by atoms with Gasteiger partial charge in [-0.2, -0.15) is 5.10 Å². The van der Waals surface area contributed by atoms with Crippen LogP contribution in [0, 0.1) is 11.8 Å². The highest BCUT2D eigenvalue weighted by Gasteiger charge is 2.00. The fraction of sp³-hybridized carbons (Fsp3) is 0.214. The molecule has 0 spiro atoms. The standard InChI is InChI=1S/C14H14N2O2/c17-11-3-6-13-5-1-2-7-14(13)18-12-10-16-9-4-8-15-16/h1-2,4-5,7-9,17H,10-12H2. The van der Waals surface area contributed by atoms with E-state index < -0.39 is 0 Å². The first kappa shape index (κ1) is 12.2. The molecule has 2 aromatic rings. The lowest BCUT2D eigenvalue weighted by Gasteiger charge is -2.08.